The number of halogens is 1. The van der Waals surface area contributed by atoms with Crippen molar-refractivity contribution in [3.8, 4) is 0 Å². The molecule has 0 aliphatic rings. The molecule has 1 aromatic heterocycles. The highest BCUT2D eigenvalue weighted by molar-refractivity contribution is 6.28. The minimum absolute atomic E-state index is 0.0266. The highest BCUT2D eigenvalue weighted by Crippen LogP contribution is 2.08. The smallest absolute Gasteiger partial charge is 0.410 e. The van der Waals surface area contributed by atoms with Gasteiger partial charge in [0, 0.05) is 11.8 Å². The fraction of sp³-hybridized carbons (Fsp3) is 0.167. The number of rotatable bonds is 1. The summed E-state index contributed by atoms with van der Waals surface area (Å²) in [5.41, 5.74) is 0.610. The lowest BCUT2D eigenvalue weighted by Crippen LogP contribution is -2.09. The predicted octanol–water partition coefficient (Wildman–Crippen LogP) is 1.53. The Hall–Kier alpha value is -1.36. The molecular weight excluding hydrogens is 182 g/mol. The van der Waals surface area contributed by atoms with E-state index in [2.05, 4.69) is 15.3 Å². The van der Waals surface area contributed by atoms with Crippen LogP contribution in [0.4, 0.5) is 10.6 Å². The molecule has 0 saturated carbocycles. The second-order valence-electron chi connectivity index (χ2n) is 2.09. The maximum Gasteiger partial charge on any atom is 0.410 e. The summed E-state index contributed by atoms with van der Waals surface area (Å²) < 4.78 is 0. The molecule has 6 heteroatoms. The molecule has 64 valence electrons. The zero-order chi connectivity index (χ0) is 9.14. The minimum atomic E-state index is -1.18. The van der Waals surface area contributed by atoms with Crippen LogP contribution in [0, 0.1) is 6.92 Å². The van der Waals surface area contributed by atoms with E-state index in [1.54, 1.807) is 6.92 Å². The van der Waals surface area contributed by atoms with Crippen molar-refractivity contribution in [3.05, 3.63) is 17.0 Å². The molecule has 0 fully saturated rings. The molecule has 1 aromatic rings. The number of nitrogens with zero attached hydrogens (tertiary/aromatic N) is 2. The van der Waals surface area contributed by atoms with Gasteiger partial charge in [0.2, 0.25) is 5.28 Å². The van der Waals surface area contributed by atoms with Gasteiger partial charge in [-0.15, -0.1) is 0 Å². The minimum Gasteiger partial charge on any atom is -0.465 e. The molecule has 1 rings (SSSR count). The summed E-state index contributed by atoms with van der Waals surface area (Å²) in [5.74, 6) is 0.181. The topological polar surface area (TPSA) is 75.1 Å². The molecule has 12 heavy (non-hydrogen) atoms. The Balaban J connectivity index is 2.93. The molecule has 0 atom stereocenters. The fourth-order valence-corrected chi connectivity index (χ4v) is 0.930. The summed E-state index contributed by atoms with van der Waals surface area (Å²) in [6.07, 6.45) is -1.18. The zero-order valence-corrected chi connectivity index (χ0v) is 6.96. The van der Waals surface area contributed by atoms with E-state index in [0.717, 1.165) is 0 Å². The Labute approximate surface area is 73.4 Å². The summed E-state index contributed by atoms with van der Waals surface area (Å²) >= 11 is 5.48. The third kappa shape index (κ3) is 2.35. The summed E-state index contributed by atoms with van der Waals surface area (Å²) in [6.45, 7) is 1.70. The Morgan fingerprint density at radius 3 is 2.83 bits per heavy atom. The van der Waals surface area contributed by atoms with Crippen molar-refractivity contribution in [1.29, 1.82) is 0 Å². The largest absolute Gasteiger partial charge is 0.465 e. The van der Waals surface area contributed by atoms with Crippen molar-refractivity contribution in [2.45, 2.75) is 6.92 Å². The molecule has 1 heterocycles. The number of aryl methyl sites for hydroxylation is 1. The molecule has 0 radical (unpaired) electrons. The quantitative estimate of drug-likeness (QED) is 0.654. The van der Waals surface area contributed by atoms with Crippen LogP contribution in [0.1, 0.15) is 5.69 Å². The molecule has 0 aromatic carbocycles. The van der Waals surface area contributed by atoms with Crippen LogP contribution in [0.5, 0.6) is 0 Å². The number of hydrogen-bond acceptors (Lipinski definition) is 3. The third-order valence-corrected chi connectivity index (χ3v) is 1.23. The zero-order valence-electron chi connectivity index (χ0n) is 6.21. The van der Waals surface area contributed by atoms with Gasteiger partial charge in [0.1, 0.15) is 5.82 Å². The molecular formula is C6H6ClN3O2. The van der Waals surface area contributed by atoms with E-state index >= 15 is 0 Å². The first-order chi connectivity index (χ1) is 5.58. The molecule has 0 aliphatic carbocycles. The normalized spacial score (nSPS) is 9.50. The number of carboxylic acid groups (broad SMARTS) is 1. The van der Waals surface area contributed by atoms with Gasteiger partial charge in [-0.3, -0.25) is 5.32 Å². The van der Waals surface area contributed by atoms with Crippen LogP contribution in [-0.2, 0) is 0 Å². The number of amides is 1. The SMILES string of the molecule is Cc1cc(NC(=O)O)nc(Cl)n1. The van der Waals surface area contributed by atoms with Crippen molar-refractivity contribution in [2.75, 3.05) is 5.32 Å². The molecule has 0 spiro atoms. The highest BCUT2D eigenvalue weighted by atomic mass is 35.5. The number of hydrogen-bond donors (Lipinski definition) is 2. The molecule has 0 saturated heterocycles. The molecule has 2 N–H and O–H groups in total. The van der Waals surface area contributed by atoms with Crippen molar-refractivity contribution in [3.63, 3.8) is 0 Å². The van der Waals surface area contributed by atoms with Crippen molar-refractivity contribution < 1.29 is 9.90 Å². The summed E-state index contributed by atoms with van der Waals surface area (Å²) in [4.78, 5) is 17.6. The Morgan fingerprint density at radius 1 is 1.67 bits per heavy atom. The monoisotopic (exact) mass is 187 g/mol. The maximum atomic E-state index is 10.2. The number of carbonyl (C=O) groups is 1. The van der Waals surface area contributed by atoms with Gasteiger partial charge >= 0.3 is 6.09 Å². The van der Waals surface area contributed by atoms with E-state index in [1.165, 1.54) is 6.07 Å². The van der Waals surface area contributed by atoms with E-state index in [4.69, 9.17) is 16.7 Å². The highest BCUT2D eigenvalue weighted by Gasteiger charge is 2.01. The maximum absolute atomic E-state index is 10.2. The first-order valence-corrected chi connectivity index (χ1v) is 3.47. The lowest BCUT2D eigenvalue weighted by Gasteiger charge is -2.00. The van der Waals surface area contributed by atoms with Crippen LogP contribution in [0.2, 0.25) is 5.28 Å². The number of nitrogens with one attached hydrogen (secondary N) is 1. The van der Waals surface area contributed by atoms with Gasteiger partial charge in [-0.25, -0.2) is 14.8 Å². The Bertz CT molecular complexity index is 295. The lowest BCUT2D eigenvalue weighted by atomic mass is 10.4. The van der Waals surface area contributed by atoms with Crippen LogP contribution in [0.3, 0.4) is 0 Å². The summed E-state index contributed by atoms with van der Waals surface area (Å²) in [6, 6.07) is 1.49. The number of aromatic nitrogens is 2. The Kier molecular flexibility index (Phi) is 2.44. The standard InChI is InChI=1S/C6H6ClN3O2/c1-3-2-4(10-6(11)12)9-5(7)8-3/h2H,1H3,(H,11,12)(H,8,9,10). The van der Waals surface area contributed by atoms with Gasteiger partial charge in [0.05, 0.1) is 0 Å². The number of anilines is 1. The van der Waals surface area contributed by atoms with Crippen LogP contribution in [0.25, 0.3) is 0 Å². The van der Waals surface area contributed by atoms with Crippen molar-refractivity contribution >= 4 is 23.5 Å². The average Bonchev–Trinajstić information content (AvgIpc) is 1.81. The van der Waals surface area contributed by atoms with E-state index < -0.39 is 6.09 Å². The summed E-state index contributed by atoms with van der Waals surface area (Å²) in [5, 5.41) is 10.4. The van der Waals surface area contributed by atoms with E-state index in [1.807, 2.05) is 0 Å². The van der Waals surface area contributed by atoms with Crippen LogP contribution in [0.15, 0.2) is 6.07 Å². The van der Waals surface area contributed by atoms with Crippen molar-refractivity contribution in [2.24, 2.45) is 0 Å². The lowest BCUT2D eigenvalue weighted by molar-refractivity contribution is 0.209. The van der Waals surface area contributed by atoms with Gasteiger partial charge < -0.3 is 5.11 Å². The first kappa shape index (κ1) is 8.73. The van der Waals surface area contributed by atoms with E-state index in [0.29, 0.717) is 5.69 Å². The van der Waals surface area contributed by atoms with Gasteiger partial charge in [0.15, 0.2) is 0 Å². The Morgan fingerprint density at radius 2 is 2.33 bits per heavy atom. The first-order valence-electron chi connectivity index (χ1n) is 3.09. The van der Waals surface area contributed by atoms with Crippen molar-refractivity contribution in [1.82, 2.24) is 9.97 Å². The van der Waals surface area contributed by atoms with Crippen LogP contribution >= 0.6 is 11.6 Å². The van der Waals surface area contributed by atoms with Gasteiger partial charge in [-0.1, -0.05) is 0 Å². The van der Waals surface area contributed by atoms with E-state index in [-0.39, 0.29) is 11.1 Å². The third-order valence-electron chi connectivity index (χ3n) is 1.06. The van der Waals surface area contributed by atoms with Crippen LogP contribution < -0.4 is 5.32 Å². The van der Waals surface area contributed by atoms with Gasteiger partial charge in [0.25, 0.3) is 0 Å². The van der Waals surface area contributed by atoms with Crippen LogP contribution in [-0.4, -0.2) is 21.2 Å². The second-order valence-corrected chi connectivity index (χ2v) is 2.43. The molecule has 1 amide bonds. The average molecular weight is 188 g/mol. The van der Waals surface area contributed by atoms with Gasteiger partial charge in [-0.2, -0.15) is 0 Å². The molecule has 0 unspecified atom stereocenters. The van der Waals surface area contributed by atoms with Gasteiger partial charge in [-0.05, 0) is 18.5 Å². The predicted molar refractivity (Wildman–Crippen MR) is 43.4 cm³/mol. The molecule has 5 nitrogen and oxygen atoms in total. The fourth-order valence-electron chi connectivity index (χ4n) is 0.706. The summed E-state index contributed by atoms with van der Waals surface area (Å²) in [7, 11) is 0. The van der Waals surface area contributed by atoms with E-state index in [9.17, 15) is 4.79 Å². The second kappa shape index (κ2) is 3.36. The molecule has 0 aliphatic heterocycles. The molecule has 0 bridgehead atoms.